The van der Waals surface area contributed by atoms with Gasteiger partial charge in [-0.1, -0.05) is 38.1 Å². The Balaban J connectivity index is 1.85. The van der Waals surface area contributed by atoms with Crippen molar-refractivity contribution in [2.45, 2.75) is 45.4 Å². The minimum atomic E-state index is -0.809. The van der Waals surface area contributed by atoms with E-state index in [0.717, 1.165) is 24.1 Å². The fourth-order valence-electron chi connectivity index (χ4n) is 2.44. The third-order valence-corrected chi connectivity index (χ3v) is 4.15. The Kier molecular flexibility index (Phi) is 3.92. The van der Waals surface area contributed by atoms with Gasteiger partial charge in [-0.3, -0.25) is 4.79 Å². The molecule has 0 radical (unpaired) electrons. The number of nitrogens with one attached hydrogen (secondary N) is 1. The molecule has 104 valence electrons. The molecule has 2 atom stereocenters. The number of carbonyl (C=O) groups is 1. The highest BCUT2D eigenvalue weighted by Gasteiger charge is 2.46. The molecule has 1 saturated carbocycles. The summed E-state index contributed by atoms with van der Waals surface area (Å²) in [5.41, 5.74) is 1.88. The van der Waals surface area contributed by atoms with Gasteiger partial charge in [0.05, 0.1) is 12.5 Å². The van der Waals surface area contributed by atoms with Crippen LogP contribution < -0.4 is 5.32 Å². The minimum Gasteiger partial charge on any atom is -0.481 e. The fraction of sp³-hybridized carbons (Fsp3) is 0.533. The number of hydrogen-bond donors (Lipinski definition) is 3. The molecule has 3 N–H and O–H groups in total. The molecule has 0 aliphatic heterocycles. The number of aliphatic hydroxyl groups is 1. The fourth-order valence-corrected chi connectivity index (χ4v) is 2.44. The van der Waals surface area contributed by atoms with Crippen molar-refractivity contribution in [2.75, 3.05) is 0 Å². The maximum atomic E-state index is 10.6. The Labute approximate surface area is 113 Å². The third-order valence-electron chi connectivity index (χ3n) is 4.15. The Morgan fingerprint density at radius 2 is 1.89 bits per heavy atom. The smallest absolute Gasteiger partial charge is 0.307 e. The summed E-state index contributed by atoms with van der Waals surface area (Å²) in [6.07, 6.45) is 0.641. The van der Waals surface area contributed by atoms with E-state index < -0.39 is 5.97 Å². The van der Waals surface area contributed by atoms with Gasteiger partial charge in [0.25, 0.3) is 0 Å². The summed E-state index contributed by atoms with van der Waals surface area (Å²) in [6.45, 7) is 4.87. The van der Waals surface area contributed by atoms with Gasteiger partial charge in [-0.25, -0.2) is 0 Å². The summed E-state index contributed by atoms with van der Waals surface area (Å²) in [5, 5.41) is 21.8. The van der Waals surface area contributed by atoms with Crippen molar-refractivity contribution in [3.8, 4) is 0 Å². The molecule has 4 nitrogen and oxygen atoms in total. The van der Waals surface area contributed by atoms with Gasteiger partial charge in [0.1, 0.15) is 0 Å². The molecule has 0 heterocycles. The molecule has 4 heteroatoms. The lowest BCUT2D eigenvalue weighted by Gasteiger charge is -2.49. The zero-order valence-electron chi connectivity index (χ0n) is 11.4. The van der Waals surface area contributed by atoms with Crippen LogP contribution in [0, 0.1) is 5.41 Å². The predicted molar refractivity (Wildman–Crippen MR) is 72.8 cm³/mol. The lowest BCUT2D eigenvalue weighted by atomic mass is 9.64. The van der Waals surface area contributed by atoms with Gasteiger partial charge in [0.2, 0.25) is 0 Å². The van der Waals surface area contributed by atoms with E-state index in [4.69, 9.17) is 5.11 Å². The van der Waals surface area contributed by atoms with Crippen LogP contribution >= 0.6 is 0 Å². The van der Waals surface area contributed by atoms with E-state index in [1.54, 1.807) is 0 Å². The van der Waals surface area contributed by atoms with Crippen molar-refractivity contribution < 1.29 is 15.0 Å². The summed E-state index contributed by atoms with van der Waals surface area (Å²) in [5.74, 6) is -0.809. The van der Waals surface area contributed by atoms with Gasteiger partial charge >= 0.3 is 5.97 Å². The Bertz CT molecular complexity index is 453. The topological polar surface area (TPSA) is 69.6 Å². The first-order chi connectivity index (χ1) is 8.89. The van der Waals surface area contributed by atoms with Crippen molar-refractivity contribution in [1.82, 2.24) is 5.32 Å². The van der Waals surface area contributed by atoms with Crippen LogP contribution in [-0.2, 0) is 17.8 Å². The average Bonchev–Trinajstić information content (AvgIpc) is 2.35. The highest BCUT2D eigenvalue weighted by atomic mass is 16.4. The highest BCUT2D eigenvalue weighted by molar-refractivity contribution is 5.70. The number of hydrogen-bond acceptors (Lipinski definition) is 3. The largest absolute Gasteiger partial charge is 0.481 e. The Hall–Kier alpha value is -1.39. The first-order valence-electron chi connectivity index (χ1n) is 6.60. The molecule has 0 bridgehead atoms. The van der Waals surface area contributed by atoms with E-state index in [0.29, 0.717) is 6.04 Å². The molecule has 0 aromatic heterocycles. The molecule has 19 heavy (non-hydrogen) atoms. The molecule has 0 amide bonds. The van der Waals surface area contributed by atoms with Gasteiger partial charge in [0, 0.05) is 18.0 Å². The highest BCUT2D eigenvalue weighted by Crippen LogP contribution is 2.40. The van der Waals surface area contributed by atoms with Crippen LogP contribution in [0.25, 0.3) is 0 Å². The van der Waals surface area contributed by atoms with Gasteiger partial charge in [-0.2, -0.15) is 0 Å². The van der Waals surface area contributed by atoms with Gasteiger partial charge in [-0.05, 0) is 17.5 Å². The number of aliphatic carboxylic acids is 1. The lowest BCUT2D eigenvalue weighted by molar-refractivity contribution is -0.136. The zero-order valence-corrected chi connectivity index (χ0v) is 11.4. The molecular formula is C15H21NO3. The van der Waals surface area contributed by atoms with E-state index in [-0.39, 0.29) is 17.9 Å². The number of carboxylic acids is 1. The van der Waals surface area contributed by atoms with Crippen LogP contribution in [0.15, 0.2) is 24.3 Å². The summed E-state index contributed by atoms with van der Waals surface area (Å²) in [6, 6.07) is 7.94. The number of rotatable bonds is 5. The molecule has 1 aliphatic rings. The molecule has 2 rings (SSSR count). The summed E-state index contributed by atoms with van der Waals surface area (Å²) in [7, 11) is 0. The summed E-state index contributed by atoms with van der Waals surface area (Å²) >= 11 is 0. The predicted octanol–water partition coefficient (Wildman–Crippen LogP) is 1.56. The van der Waals surface area contributed by atoms with Crippen LogP contribution in [0.4, 0.5) is 0 Å². The van der Waals surface area contributed by atoms with Crippen LogP contribution in [0.5, 0.6) is 0 Å². The second kappa shape index (κ2) is 5.31. The van der Waals surface area contributed by atoms with E-state index in [2.05, 4.69) is 19.2 Å². The van der Waals surface area contributed by atoms with E-state index in [9.17, 15) is 9.90 Å². The first kappa shape index (κ1) is 14.0. The summed E-state index contributed by atoms with van der Waals surface area (Å²) < 4.78 is 0. The Morgan fingerprint density at radius 1 is 1.32 bits per heavy atom. The first-order valence-corrected chi connectivity index (χ1v) is 6.60. The van der Waals surface area contributed by atoms with Crippen molar-refractivity contribution in [1.29, 1.82) is 0 Å². The van der Waals surface area contributed by atoms with E-state index in [1.165, 1.54) is 0 Å². The van der Waals surface area contributed by atoms with E-state index >= 15 is 0 Å². The number of carboxylic acid groups (broad SMARTS) is 1. The molecule has 1 aliphatic carbocycles. The Morgan fingerprint density at radius 3 is 2.37 bits per heavy atom. The molecule has 1 aromatic carbocycles. The molecule has 1 aromatic rings. The molecular weight excluding hydrogens is 242 g/mol. The molecule has 0 saturated heterocycles. The molecule has 1 fully saturated rings. The van der Waals surface area contributed by atoms with Crippen molar-refractivity contribution in [3.63, 3.8) is 0 Å². The van der Waals surface area contributed by atoms with Crippen molar-refractivity contribution in [2.24, 2.45) is 5.41 Å². The minimum absolute atomic E-state index is 0.0650. The SMILES string of the molecule is CC1(C)C(O)CC1NCc1ccc(CC(=O)O)cc1. The van der Waals surface area contributed by atoms with Crippen LogP contribution in [0.3, 0.4) is 0 Å². The second-order valence-corrected chi connectivity index (χ2v) is 5.89. The van der Waals surface area contributed by atoms with Gasteiger partial charge < -0.3 is 15.5 Å². The lowest BCUT2D eigenvalue weighted by Crippen LogP contribution is -2.59. The maximum Gasteiger partial charge on any atom is 0.307 e. The van der Waals surface area contributed by atoms with E-state index in [1.807, 2.05) is 24.3 Å². The monoisotopic (exact) mass is 263 g/mol. The third kappa shape index (κ3) is 3.14. The maximum absolute atomic E-state index is 10.6. The molecule has 0 spiro atoms. The van der Waals surface area contributed by atoms with Crippen LogP contribution in [0.2, 0.25) is 0 Å². The van der Waals surface area contributed by atoms with Crippen LogP contribution in [-0.4, -0.2) is 28.3 Å². The van der Waals surface area contributed by atoms with Crippen LogP contribution in [0.1, 0.15) is 31.4 Å². The van der Waals surface area contributed by atoms with Crippen molar-refractivity contribution in [3.05, 3.63) is 35.4 Å². The molecule has 2 unspecified atom stereocenters. The van der Waals surface area contributed by atoms with Crippen molar-refractivity contribution >= 4 is 5.97 Å². The summed E-state index contributed by atoms with van der Waals surface area (Å²) in [4.78, 5) is 10.6. The van der Waals surface area contributed by atoms with Gasteiger partial charge in [-0.15, -0.1) is 0 Å². The van der Waals surface area contributed by atoms with Gasteiger partial charge in [0.15, 0.2) is 0 Å². The average molecular weight is 263 g/mol. The normalized spacial score (nSPS) is 24.8. The number of aliphatic hydroxyl groups excluding tert-OH is 1. The number of benzene rings is 1. The zero-order chi connectivity index (χ0) is 14.0. The quantitative estimate of drug-likeness (QED) is 0.754. The second-order valence-electron chi connectivity index (χ2n) is 5.89. The standard InChI is InChI=1S/C15H21NO3/c1-15(2)12(8-13(15)17)16-9-11-5-3-10(4-6-11)7-14(18)19/h3-6,12-13,16-17H,7-9H2,1-2H3,(H,18,19).